The maximum Gasteiger partial charge on any atom is 0.341 e. The highest BCUT2D eigenvalue weighted by atomic mass is 16.5. The van der Waals surface area contributed by atoms with Crippen LogP contribution in [0.4, 0.5) is 5.69 Å². The monoisotopic (exact) mass is 279 g/mol. The SMILES string of the molecule is CCCCCCCCOc1ccc(N)cc1C(=O)OC. The molecule has 0 aliphatic carbocycles. The lowest BCUT2D eigenvalue weighted by Crippen LogP contribution is -2.07. The molecule has 0 saturated carbocycles. The summed E-state index contributed by atoms with van der Waals surface area (Å²) in [4.78, 5) is 11.6. The minimum atomic E-state index is -0.421. The first-order valence-corrected chi connectivity index (χ1v) is 7.29. The van der Waals surface area contributed by atoms with Gasteiger partial charge in [0.15, 0.2) is 0 Å². The molecule has 1 aromatic rings. The first-order chi connectivity index (χ1) is 9.69. The summed E-state index contributed by atoms with van der Waals surface area (Å²) in [5.74, 6) is 0.120. The van der Waals surface area contributed by atoms with E-state index in [1.807, 2.05) is 0 Å². The number of hydrogen-bond acceptors (Lipinski definition) is 4. The van der Waals surface area contributed by atoms with Crippen LogP contribution in [0.2, 0.25) is 0 Å². The van der Waals surface area contributed by atoms with Gasteiger partial charge in [-0.2, -0.15) is 0 Å². The number of nitrogens with two attached hydrogens (primary N) is 1. The van der Waals surface area contributed by atoms with E-state index in [4.69, 9.17) is 15.2 Å². The second kappa shape index (κ2) is 9.23. The van der Waals surface area contributed by atoms with Crippen molar-refractivity contribution in [1.82, 2.24) is 0 Å². The number of anilines is 1. The van der Waals surface area contributed by atoms with Crippen LogP contribution in [0.25, 0.3) is 0 Å². The number of carbonyl (C=O) groups is 1. The molecule has 0 radical (unpaired) electrons. The molecule has 112 valence electrons. The Morgan fingerprint density at radius 1 is 1.15 bits per heavy atom. The molecule has 2 N–H and O–H groups in total. The van der Waals surface area contributed by atoms with Crippen molar-refractivity contribution in [2.75, 3.05) is 19.5 Å². The van der Waals surface area contributed by atoms with E-state index in [9.17, 15) is 4.79 Å². The van der Waals surface area contributed by atoms with Crippen molar-refractivity contribution >= 4 is 11.7 Å². The zero-order valence-corrected chi connectivity index (χ0v) is 12.5. The van der Waals surface area contributed by atoms with E-state index < -0.39 is 5.97 Å². The van der Waals surface area contributed by atoms with Gasteiger partial charge in [-0.3, -0.25) is 0 Å². The van der Waals surface area contributed by atoms with E-state index in [0.717, 1.165) is 12.8 Å². The van der Waals surface area contributed by atoms with Gasteiger partial charge in [0.25, 0.3) is 0 Å². The Bertz CT molecular complexity index is 418. The third-order valence-corrected chi connectivity index (χ3v) is 3.16. The molecule has 1 aromatic carbocycles. The van der Waals surface area contributed by atoms with Crippen LogP contribution in [0.3, 0.4) is 0 Å². The van der Waals surface area contributed by atoms with E-state index in [2.05, 4.69) is 6.92 Å². The second-order valence-corrected chi connectivity index (χ2v) is 4.86. The Kier molecular flexibility index (Phi) is 7.55. The maximum atomic E-state index is 11.6. The lowest BCUT2D eigenvalue weighted by molar-refractivity contribution is 0.0596. The summed E-state index contributed by atoms with van der Waals surface area (Å²) < 4.78 is 10.4. The van der Waals surface area contributed by atoms with Crippen molar-refractivity contribution in [3.63, 3.8) is 0 Å². The van der Waals surface area contributed by atoms with Gasteiger partial charge < -0.3 is 15.2 Å². The molecule has 20 heavy (non-hydrogen) atoms. The van der Waals surface area contributed by atoms with Gasteiger partial charge in [-0.05, 0) is 24.6 Å². The smallest absolute Gasteiger partial charge is 0.341 e. The predicted molar refractivity (Wildman–Crippen MR) is 81.1 cm³/mol. The third kappa shape index (κ3) is 5.51. The molecule has 0 unspecified atom stereocenters. The fourth-order valence-electron chi connectivity index (χ4n) is 2.01. The summed E-state index contributed by atoms with van der Waals surface area (Å²) >= 11 is 0. The Morgan fingerprint density at radius 2 is 1.85 bits per heavy atom. The second-order valence-electron chi connectivity index (χ2n) is 4.86. The van der Waals surface area contributed by atoms with E-state index in [0.29, 0.717) is 23.6 Å². The van der Waals surface area contributed by atoms with E-state index in [1.165, 1.54) is 32.8 Å². The molecule has 0 atom stereocenters. The Labute approximate surface area is 121 Å². The predicted octanol–water partition coefficient (Wildman–Crippen LogP) is 3.79. The number of methoxy groups -OCH3 is 1. The van der Waals surface area contributed by atoms with Gasteiger partial charge in [0.05, 0.1) is 13.7 Å². The third-order valence-electron chi connectivity index (χ3n) is 3.16. The summed E-state index contributed by atoms with van der Waals surface area (Å²) in [6.45, 7) is 2.82. The van der Waals surface area contributed by atoms with Crippen molar-refractivity contribution in [3.8, 4) is 5.75 Å². The molecule has 0 aromatic heterocycles. The molecule has 0 saturated heterocycles. The van der Waals surface area contributed by atoms with Crippen LogP contribution in [-0.2, 0) is 4.74 Å². The van der Waals surface area contributed by atoms with Crippen molar-refractivity contribution in [1.29, 1.82) is 0 Å². The van der Waals surface area contributed by atoms with Crippen molar-refractivity contribution in [2.45, 2.75) is 45.4 Å². The van der Waals surface area contributed by atoms with Crippen LogP contribution >= 0.6 is 0 Å². The standard InChI is InChI=1S/C16H25NO3/c1-3-4-5-6-7-8-11-20-15-10-9-13(17)12-14(15)16(18)19-2/h9-10,12H,3-8,11,17H2,1-2H3. The van der Waals surface area contributed by atoms with Gasteiger partial charge >= 0.3 is 5.97 Å². The molecular weight excluding hydrogens is 254 g/mol. The Balaban J connectivity index is 2.41. The number of esters is 1. The lowest BCUT2D eigenvalue weighted by Gasteiger charge is -2.11. The highest BCUT2D eigenvalue weighted by molar-refractivity contribution is 5.93. The summed E-state index contributed by atoms with van der Waals surface area (Å²) in [5, 5.41) is 0. The Hall–Kier alpha value is -1.71. The van der Waals surface area contributed by atoms with Crippen LogP contribution < -0.4 is 10.5 Å². The molecule has 1 rings (SSSR count). The number of ether oxygens (including phenoxy) is 2. The molecule has 0 spiro atoms. The summed E-state index contributed by atoms with van der Waals surface area (Å²) in [7, 11) is 1.35. The van der Waals surface area contributed by atoms with Gasteiger partial charge in [-0.25, -0.2) is 4.79 Å². The van der Waals surface area contributed by atoms with E-state index in [-0.39, 0.29) is 0 Å². The zero-order chi connectivity index (χ0) is 14.8. The first kappa shape index (κ1) is 16.3. The summed E-state index contributed by atoms with van der Waals surface area (Å²) in [6, 6.07) is 5.03. The average molecular weight is 279 g/mol. The zero-order valence-electron chi connectivity index (χ0n) is 12.5. The normalized spacial score (nSPS) is 10.3. The quantitative estimate of drug-likeness (QED) is 0.424. The number of hydrogen-bond donors (Lipinski definition) is 1. The number of carbonyl (C=O) groups excluding carboxylic acids is 1. The number of rotatable bonds is 9. The van der Waals surface area contributed by atoms with E-state index >= 15 is 0 Å². The molecule has 4 heteroatoms. The van der Waals surface area contributed by atoms with Gasteiger partial charge in [-0.1, -0.05) is 39.0 Å². The van der Waals surface area contributed by atoms with Crippen molar-refractivity contribution in [3.05, 3.63) is 23.8 Å². The average Bonchev–Trinajstić information content (AvgIpc) is 2.46. The van der Waals surface area contributed by atoms with Crippen molar-refractivity contribution < 1.29 is 14.3 Å². The first-order valence-electron chi connectivity index (χ1n) is 7.29. The molecule has 4 nitrogen and oxygen atoms in total. The fraction of sp³-hybridized carbons (Fsp3) is 0.562. The van der Waals surface area contributed by atoms with Crippen LogP contribution in [0, 0.1) is 0 Å². The molecule has 0 fully saturated rings. The lowest BCUT2D eigenvalue weighted by atomic mass is 10.1. The minimum absolute atomic E-state index is 0.387. The van der Waals surface area contributed by atoms with Crippen molar-refractivity contribution in [2.24, 2.45) is 0 Å². The molecule has 0 heterocycles. The van der Waals surface area contributed by atoms with Gasteiger partial charge in [0.1, 0.15) is 11.3 Å². The van der Waals surface area contributed by atoms with Crippen LogP contribution in [0.5, 0.6) is 5.75 Å². The van der Waals surface area contributed by atoms with Crippen LogP contribution in [0.15, 0.2) is 18.2 Å². The number of unbranched alkanes of at least 4 members (excludes halogenated alkanes) is 5. The molecule has 0 bridgehead atoms. The van der Waals surface area contributed by atoms with Crippen LogP contribution in [-0.4, -0.2) is 19.7 Å². The molecule has 0 aliphatic heterocycles. The number of benzene rings is 1. The minimum Gasteiger partial charge on any atom is -0.493 e. The highest BCUT2D eigenvalue weighted by Gasteiger charge is 2.13. The van der Waals surface area contributed by atoms with Gasteiger partial charge in [0.2, 0.25) is 0 Å². The molecular formula is C16H25NO3. The topological polar surface area (TPSA) is 61.5 Å². The van der Waals surface area contributed by atoms with Gasteiger partial charge in [-0.15, -0.1) is 0 Å². The Morgan fingerprint density at radius 3 is 2.55 bits per heavy atom. The van der Waals surface area contributed by atoms with Gasteiger partial charge in [0, 0.05) is 5.69 Å². The maximum absolute atomic E-state index is 11.6. The fourth-order valence-corrected chi connectivity index (χ4v) is 2.01. The molecule has 0 amide bonds. The molecule has 0 aliphatic rings. The summed E-state index contributed by atoms with van der Waals surface area (Å²) in [6.07, 6.45) is 7.22. The van der Waals surface area contributed by atoms with Crippen LogP contribution in [0.1, 0.15) is 55.8 Å². The number of nitrogen functional groups attached to an aromatic ring is 1. The highest BCUT2D eigenvalue weighted by Crippen LogP contribution is 2.22. The largest absolute Gasteiger partial charge is 0.493 e. The van der Waals surface area contributed by atoms with E-state index in [1.54, 1.807) is 18.2 Å². The summed E-state index contributed by atoms with van der Waals surface area (Å²) in [5.41, 5.74) is 6.59.